The zero-order valence-corrected chi connectivity index (χ0v) is 11.5. The van der Waals surface area contributed by atoms with E-state index in [0.717, 1.165) is 15.6 Å². The first-order valence-electron chi connectivity index (χ1n) is 5.60. The Labute approximate surface area is 114 Å². The summed E-state index contributed by atoms with van der Waals surface area (Å²) >= 11 is 3.33. The third-order valence-electron chi connectivity index (χ3n) is 2.70. The van der Waals surface area contributed by atoms with Crippen LogP contribution in [0.4, 0.5) is 4.39 Å². The molecule has 2 rings (SSSR count). The van der Waals surface area contributed by atoms with Gasteiger partial charge in [0.15, 0.2) is 5.78 Å². The lowest BCUT2D eigenvalue weighted by atomic mass is 10.0. The molecule has 1 nitrogen and oxygen atoms in total. The number of hydrogen-bond acceptors (Lipinski definition) is 1. The molecule has 0 N–H and O–H groups in total. The predicted molar refractivity (Wildman–Crippen MR) is 73.3 cm³/mol. The standard InChI is InChI=1S/C15H12BrFO/c1-10-2-7-14(17)13(8-10)15(18)9-11-3-5-12(16)6-4-11/h2-8H,9H2,1H3. The van der Waals surface area contributed by atoms with Crippen molar-refractivity contribution in [3.05, 3.63) is 69.4 Å². The number of benzene rings is 2. The minimum Gasteiger partial charge on any atom is -0.294 e. The average molecular weight is 307 g/mol. The third-order valence-corrected chi connectivity index (χ3v) is 3.23. The second kappa shape index (κ2) is 5.44. The number of carbonyl (C=O) groups is 1. The number of rotatable bonds is 3. The molecule has 0 aliphatic carbocycles. The van der Waals surface area contributed by atoms with E-state index in [9.17, 15) is 9.18 Å². The molecule has 0 aliphatic rings. The molecule has 2 aromatic carbocycles. The number of ketones is 1. The van der Waals surface area contributed by atoms with E-state index in [2.05, 4.69) is 15.9 Å². The summed E-state index contributed by atoms with van der Waals surface area (Å²) < 4.78 is 14.5. The third kappa shape index (κ3) is 3.05. The van der Waals surface area contributed by atoms with Crippen molar-refractivity contribution >= 4 is 21.7 Å². The molecule has 0 spiro atoms. The van der Waals surface area contributed by atoms with Gasteiger partial charge in [0.25, 0.3) is 0 Å². The molecule has 0 aromatic heterocycles. The Morgan fingerprint density at radius 2 is 1.83 bits per heavy atom. The fraction of sp³-hybridized carbons (Fsp3) is 0.133. The summed E-state index contributed by atoms with van der Waals surface area (Å²) in [5.41, 5.74) is 1.93. The van der Waals surface area contributed by atoms with Crippen LogP contribution in [0.25, 0.3) is 0 Å². The molecular weight excluding hydrogens is 295 g/mol. The lowest BCUT2D eigenvalue weighted by Gasteiger charge is -2.04. The topological polar surface area (TPSA) is 17.1 Å². The molecule has 0 amide bonds. The Bertz CT molecular complexity index is 576. The minimum absolute atomic E-state index is 0.165. The van der Waals surface area contributed by atoms with Crippen molar-refractivity contribution in [1.29, 1.82) is 0 Å². The highest BCUT2D eigenvalue weighted by Crippen LogP contribution is 2.15. The van der Waals surface area contributed by atoms with Gasteiger partial charge in [-0.3, -0.25) is 4.79 Å². The van der Waals surface area contributed by atoms with Gasteiger partial charge in [0.2, 0.25) is 0 Å². The van der Waals surface area contributed by atoms with Crippen LogP contribution in [0.3, 0.4) is 0 Å². The second-order valence-corrected chi connectivity index (χ2v) is 5.13. The Morgan fingerprint density at radius 1 is 1.17 bits per heavy atom. The van der Waals surface area contributed by atoms with E-state index in [0.29, 0.717) is 0 Å². The maximum atomic E-state index is 13.6. The van der Waals surface area contributed by atoms with Crippen LogP contribution in [-0.2, 0) is 6.42 Å². The molecule has 2 aromatic rings. The van der Waals surface area contributed by atoms with Gasteiger partial charge in [0, 0.05) is 10.9 Å². The smallest absolute Gasteiger partial charge is 0.170 e. The molecule has 92 valence electrons. The van der Waals surface area contributed by atoms with E-state index in [1.807, 2.05) is 31.2 Å². The van der Waals surface area contributed by atoms with Crippen molar-refractivity contribution in [2.45, 2.75) is 13.3 Å². The first-order valence-corrected chi connectivity index (χ1v) is 6.39. The van der Waals surface area contributed by atoms with E-state index in [4.69, 9.17) is 0 Å². The maximum absolute atomic E-state index is 13.6. The van der Waals surface area contributed by atoms with E-state index in [-0.39, 0.29) is 17.8 Å². The molecule has 0 radical (unpaired) electrons. The van der Waals surface area contributed by atoms with Crippen molar-refractivity contribution in [1.82, 2.24) is 0 Å². The fourth-order valence-corrected chi connectivity index (χ4v) is 2.00. The lowest BCUT2D eigenvalue weighted by Crippen LogP contribution is -2.06. The summed E-state index contributed by atoms with van der Waals surface area (Å²) in [6.07, 6.45) is 0.216. The van der Waals surface area contributed by atoms with Gasteiger partial charge in [-0.25, -0.2) is 4.39 Å². The highest BCUT2D eigenvalue weighted by Gasteiger charge is 2.12. The predicted octanol–water partition coefficient (Wildman–Crippen LogP) is 4.32. The molecule has 0 atom stereocenters. The molecule has 0 heterocycles. The van der Waals surface area contributed by atoms with Crippen molar-refractivity contribution < 1.29 is 9.18 Å². The van der Waals surface area contributed by atoms with E-state index >= 15 is 0 Å². The van der Waals surface area contributed by atoms with Crippen molar-refractivity contribution in [3.63, 3.8) is 0 Å². The highest BCUT2D eigenvalue weighted by atomic mass is 79.9. The Balaban J connectivity index is 2.21. The largest absolute Gasteiger partial charge is 0.294 e. The fourth-order valence-electron chi connectivity index (χ4n) is 1.74. The van der Waals surface area contributed by atoms with Crippen LogP contribution in [-0.4, -0.2) is 5.78 Å². The Kier molecular flexibility index (Phi) is 3.92. The minimum atomic E-state index is -0.456. The van der Waals surface area contributed by atoms with Gasteiger partial charge in [0.1, 0.15) is 5.82 Å². The van der Waals surface area contributed by atoms with Gasteiger partial charge < -0.3 is 0 Å². The summed E-state index contributed by atoms with van der Waals surface area (Å²) in [5.74, 6) is -0.652. The van der Waals surface area contributed by atoms with Crippen molar-refractivity contribution in [3.8, 4) is 0 Å². The summed E-state index contributed by atoms with van der Waals surface area (Å²) in [6.45, 7) is 1.84. The molecular formula is C15H12BrFO. The number of halogens is 2. The van der Waals surface area contributed by atoms with Gasteiger partial charge in [-0.15, -0.1) is 0 Å². The van der Waals surface area contributed by atoms with E-state index in [1.54, 1.807) is 12.1 Å². The number of Topliss-reactive ketones (excluding diaryl/α,β-unsaturated/α-hetero) is 1. The molecule has 18 heavy (non-hydrogen) atoms. The van der Waals surface area contributed by atoms with Crippen molar-refractivity contribution in [2.24, 2.45) is 0 Å². The van der Waals surface area contributed by atoms with Gasteiger partial charge in [-0.2, -0.15) is 0 Å². The number of hydrogen-bond donors (Lipinski definition) is 0. The van der Waals surface area contributed by atoms with E-state index in [1.165, 1.54) is 6.07 Å². The monoisotopic (exact) mass is 306 g/mol. The normalized spacial score (nSPS) is 10.4. The van der Waals surface area contributed by atoms with E-state index < -0.39 is 5.82 Å². The number of aryl methyl sites for hydroxylation is 1. The molecule has 0 aliphatic heterocycles. The summed E-state index contributed by atoms with van der Waals surface area (Å²) in [4.78, 5) is 12.0. The zero-order valence-electron chi connectivity index (χ0n) is 9.91. The quantitative estimate of drug-likeness (QED) is 0.772. The zero-order chi connectivity index (χ0) is 13.1. The van der Waals surface area contributed by atoms with Gasteiger partial charge >= 0.3 is 0 Å². The SMILES string of the molecule is Cc1ccc(F)c(C(=O)Cc2ccc(Br)cc2)c1. The van der Waals surface area contributed by atoms with Crippen LogP contribution in [0.15, 0.2) is 46.9 Å². The summed E-state index contributed by atoms with van der Waals surface area (Å²) in [6, 6.07) is 12.0. The molecule has 0 saturated carbocycles. The maximum Gasteiger partial charge on any atom is 0.170 e. The molecule has 0 bridgehead atoms. The number of carbonyl (C=O) groups excluding carboxylic acids is 1. The van der Waals surface area contributed by atoms with Gasteiger partial charge in [0.05, 0.1) is 5.56 Å². The second-order valence-electron chi connectivity index (χ2n) is 4.21. The molecule has 0 unspecified atom stereocenters. The van der Waals surface area contributed by atoms with Crippen LogP contribution in [0.1, 0.15) is 21.5 Å². The van der Waals surface area contributed by atoms with Gasteiger partial charge in [-0.05, 0) is 36.8 Å². The highest BCUT2D eigenvalue weighted by molar-refractivity contribution is 9.10. The summed E-state index contributed by atoms with van der Waals surface area (Å²) in [7, 11) is 0. The first-order chi connectivity index (χ1) is 8.56. The Morgan fingerprint density at radius 3 is 2.50 bits per heavy atom. The van der Waals surface area contributed by atoms with Gasteiger partial charge in [-0.1, -0.05) is 39.7 Å². The van der Waals surface area contributed by atoms with Crippen LogP contribution in [0.2, 0.25) is 0 Å². The first kappa shape index (κ1) is 13.0. The van der Waals surface area contributed by atoms with Crippen molar-refractivity contribution in [2.75, 3.05) is 0 Å². The molecule has 0 fully saturated rings. The average Bonchev–Trinajstić information content (AvgIpc) is 2.35. The van der Waals surface area contributed by atoms with Crippen LogP contribution < -0.4 is 0 Å². The van der Waals surface area contributed by atoms with Crippen LogP contribution >= 0.6 is 15.9 Å². The van der Waals surface area contributed by atoms with Crippen LogP contribution in [0.5, 0.6) is 0 Å². The van der Waals surface area contributed by atoms with Crippen LogP contribution in [0, 0.1) is 12.7 Å². The molecule has 3 heteroatoms. The Hall–Kier alpha value is -1.48. The lowest BCUT2D eigenvalue weighted by molar-refractivity contribution is 0.0989. The molecule has 0 saturated heterocycles. The summed E-state index contributed by atoms with van der Waals surface area (Å²) in [5, 5.41) is 0.